The Morgan fingerprint density at radius 1 is 1.59 bits per heavy atom. The maximum absolute atomic E-state index is 10.7. The molecule has 0 bridgehead atoms. The number of aromatic nitrogens is 2. The lowest BCUT2D eigenvalue weighted by Gasteiger charge is -2.28. The first kappa shape index (κ1) is 12.4. The molecule has 2 atom stereocenters. The molecule has 0 spiro atoms. The zero-order valence-electron chi connectivity index (χ0n) is 9.80. The van der Waals surface area contributed by atoms with Gasteiger partial charge in [0, 0.05) is 0 Å². The molecule has 1 aromatic heterocycles. The van der Waals surface area contributed by atoms with Crippen LogP contribution in [-0.4, -0.2) is 14.7 Å². The fourth-order valence-corrected chi connectivity index (χ4v) is 2.87. The first-order valence-corrected chi connectivity index (χ1v) is 6.40. The number of hydrogen-bond acceptors (Lipinski definition) is 3. The van der Waals surface area contributed by atoms with Gasteiger partial charge in [0.15, 0.2) is 5.02 Å². The molecular formula is C11H16ClN3O2. The smallest absolute Gasteiger partial charge is 0.358 e. The van der Waals surface area contributed by atoms with E-state index in [0.717, 1.165) is 19.3 Å². The monoisotopic (exact) mass is 257 g/mol. The molecule has 0 radical (unpaired) electrons. The van der Waals surface area contributed by atoms with Crippen molar-refractivity contribution in [2.75, 3.05) is 0 Å². The summed E-state index contributed by atoms with van der Waals surface area (Å²) in [6.07, 6.45) is 7.28. The predicted molar refractivity (Wildman–Crippen MR) is 65.2 cm³/mol. The van der Waals surface area contributed by atoms with E-state index in [4.69, 9.17) is 11.6 Å². The maximum atomic E-state index is 10.7. The highest BCUT2D eigenvalue weighted by Gasteiger charge is 2.30. The van der Waals surface area contributed by atoms with Gasteiger partial charge in [0.1, 0.15) is 0 Å². The normalized spacial score (nSPS) is 24.8. The van der Waals surface area contributed by atoms with Crippen molar-refractivity contribution < 1.29 is 4.92 Å². The Morgan fingerprint density at radius 3 is 2.88 bits per heavy atom. The standard InChI is InChI=1S/C11H16ClN3O2/c1-2-8-5-3-4-6-10(8)14-7-9(12)11(13-14)15(16)17/h7-8,10H,2-6H2,1H3. The summed E-state index contributed by atoms with van der Waals surface area (Å²) in [7, 11) is 0. The molecule has 0 aromatic carbocycles. The van der Waals surface area contributed by atoms with Gasteiger partial charge in [-0.3, -0.25) is 0 Å². The van der Waals surface area contributed by atoms with Crippen LogP contribution in [-0.2, 0) is 0 Å². The molecule has 17 heavy (non-hydrogen) atoms. The quantitative estimate of drug-likeness (QED) is 0.614. The van der Waals surface area contributed by atoms with E-state index in [2.05, 4.69) is 12.0 Å². The zero-order valence-corrected chi connectivity index (χ0v) is 10.6. The molecule has 1 saturated carbocycles. The Hall–Kier alpha value is -1.10. The lowest BCUT2D eigenvalue weighted by atomic mass is 9.83. The van der Waals surface area contributed by atoms with E-state index in [1.807, 2.05) is 0 Å². The van der Waals surface area contributed by atoms with Crippen molar-refractivity contribution in [2.45, 2.75) is 45.1 Å². The Balaban J connectivity index is 2.26. The van der Waals surface area contributed by atoms with Crippen LogP contribution in [0.4, 0.5) is 5.82 Å². The molecule has 0 aliphatic heterocycles. The van der Waals surface area contributed by atoms with Crippen molar-refractivity contribution >= 4 is 17.4 Å². The van der Waals surface area contributed by atoms with Gasteiger partial charge in [0.05, 0.1) is 17.3 Å². The van der Waals surface area contributed by atoms with Gasteiger partial charge in [0.25, 0.3) is 0 Å². The first-order valence-electron chi connectivity index (χ1n) is 6.02. The van der Waals surface area contributed by atoms with Gasteiger partial charge in [-0.15, -0.1) is 0 Å². The summed E-state index contributed by atoms with van der Waals surface area (Å²) in [6.45, 7) is 2.16. The van der Waals surface area contributed by atoms with Gasteiger partial charge in [-0.1, -0.05) is 37.8 Å². The van der Waals surface area contributed by atoms with Gasteiger partial charge in [-0.2, -0.15) is 4.68 Å². The third kappa shape index (κ3) is 2.44. The Kier molecular flexibility index (Phi) is 3.66. The van der Waals surface area contributed by atoms with Crippen LogP contribution < -0.4 is 0 Å². The van der Waals surface area contributed by atoms with E-state index in [1.165, 1.54) is 12.8 Å². The van der Waals surface area contributed by atoms with Crippen LogP contribution in [0.15, 0.2) is 6.20 Å². The number of nitrogens with zero attached hydrogens (tertiary/aromatic N) is 3. The molecule has 5 nitrogen and oxygen atoms in total. The van der Waals surface area contributed by atoms with E-state index in [0.29, 0.717) is 5.92 Å². The van der Waals surface area contributed by atoms with Crippen molar-refractivity contribution in [3.05, 3.63) is 21.3 Å². The Labute approximate surface area is 105 Å². The van der Waals surface area contributed by atoms with E-state index >= 15 is 0 Å². The van der Waals surface area contributed by atoms with Crippen molar-refractivity contribution in [3.8, 4) is 0 Å². The van der Waals surface area contributed by atoms with E-state index in [-0.39, 0.29) is 16.9 Å². The summed E-state index contributed by atoms with van der Waals surface area (Å²) in [5.74, 6) is 0.325. The molecule has 0 saturated heterocycles. The highest BCUT2D eigenvalue weighted by atomic mass is 35.5. The topological polar surface area (TPSA) is 61.0 Å². The second-order valence-electron chi connectivity index (χ2n) is 4.56. The summed E-state index contributed by atoms with van der Waals surface area (Å²) in [5, 5.41) is 14.9. The molecule has 1 aromatic rings. The number of rotatable bonds is 3. The molecule has 1 aliphatic rings. The van der Waals surface area contributed by atoms with Crippen LogP contribution in [0.3, 0.4) is 0 Å². The van der Waals surface area contributed by atoms with Crippen LogP contribution in [0.5, 0.6) is 0 Å². The van der Waals surface area contributed by atoms with E-state index in [9.17, 15) is 10.1 Å². The van der Waals surface area contributed by atoms with E-state index in [1.54, 1.807) is 10.9 Å². The molecule has 0 N–H and O–H groups in total. The van der Waals surface area contributed by atoms with Gasteiger partial charge in [0.2, 0.25) is 0 Å². The molecule has 0 amide bonds. The van der Waals surface area contributed by atoms with Crippen LogP contribution in [0.1, 0.15) is 45.1 Å². The lowest BCUT2D eigenvalue weighted by Crippen LogP contribution is -2.23. The maximum Gasteiger partial charge on any atom is 0.408 e. The third-order valence-electron chi connectivity index (χ3n) is 3.58. The molecule has 1 aliphatic carbocycles. The molecule has 2 rings (SSSR count). The highest BCUT2D eigenvalue weighted by molar-refractivity contribution is 6.32. The Morgan fingerprint density at radius 2 is 2.29 bits per heavy atom. The van der Waals surface area contributed by atoms with Gasteiger partial charge >= 0.3 is 5.82 Å². The first-order chi connectivity index (χ1) is 8.13. The van der Waals surface area contributed by atoms with Crippen molar-refractivity contribution in [2.24, 2.45) is 5.92 Å². The number of nitro groups is 1. The summed E-state index contributed by atoms with van der Waals surface area (Å²) in [5.41, 5.74) is 0. The molecule has 6 heteroatoms. The molecular weight excluding hydrogens is 242 g/mol. The van der Waals surface area contributed by atoms with Crippen molar-refractivity contribution in [3.63, 3.8) is 0 Å². The van der Waals surface area contributed by atoms with Crippen LogP contribution in [0.25, 0.3) is 0 Å². The second kappa shape index (κ2) is 5.04. The van der Waals surface area contributed by atoms with Gasteiger partial charge < -0.3 is 10.1 Å². The predicted octanol–water partition coefficient (Wildman–Crippen LogP) is 3.59. The van der Waals surface area contributed by atoms with Crippen molar-refractivity contribution in [1.29, 1.82) is 0 Å². The summed E-state index contributed by atoms with van der Waals surface area (Å²) in [4.78, 5) is 10.2. The number of halogens is 1. The minimum absolute atomic E-state index is 0.135. The highest BCUT2D eigenvalue weighted by Crippen LogP contribution is 2.37. The minimum atomic E-state index is -0.525. The minimum Gasteiger partial charge on any atom is -0.358 e. The zero-order chi connectivity index (χ0) is 12.4. The van der Waals surface area contributed by atoms with Gasteiger partial charge in [-0.25, -0.2) is 0 Å². The Bertz CT molecular complexity index is 419. The fraction of sp³-hybridized carbons (Fsp3) is 0.727. The van der Waals surface area contributed by atoms with Crippen LogP contribution >= 0.6 is 11.6 Å². The molecule has 94 valence electrons. The lowest BCUT2D eigenvalue weighted by molar-refractivity contribution is -0.389. The molecule has 1 heterocycles. The number of hydrogen-bond donors (Lipinski definition) is 0. The molecule has 1 fully saturated rings. The summed E-state index contributed by atoms with van der Waals surface area (Å²) < 4.78 is 1.70. The SMILES string of the molecule is CCC1CCCCC1n1cc(Cl)c([N+](=O)[O-])n1. The average Bonchev–Trinajstić information content (AvgIpc) is 2.71. The van der Waals surface area contributed by atoms with Gasteiger partial charge in [-0.05, 0) is 23.7 Å². The van der Waals surface area contributed by atoms with E-state index < -0.39 is 4.92 Å². The summed E-state index contributed by atoms with van der Waals surface area (Å²) >= 11 is 5.83. The van der Waals surface area contributed by atoms with Crippen molar-refractivity contribution in [1.82, 2.24) is 9.78 Å². The second-order valence-corrected chi connectivity index (χ2v) is 4.97. The van der Waals surface area contributed by atoms with Crippen LogP contribution in [0, 0.1) is 16.0 Å². The average molecular weight is 258 g/mol. The summed E-state index contributed by atoms with van der Waals surface area (Å²) in [6, 6.07) is 0.264. The van der Waals surface area contributed by atoms with Crippen LogP contribution in [0.2, 0.25) is 5.02 Å². The largest absolute Gasteiger partial charge is 0.408 e. The fourth-order valence-electron chi connectivity index (χ4n) is 2.67. The third-order valence-corrected chi connectivity index (χ3v) is 3.84. The molecule has 2 unspecified atom stereocenters.